The van der Waals surface area contributed by atoms with Gasteiger partial charge in [-0.15, -0.1) is 0 Å². The van der Waals surface area contributed by atoms with Crippen molar-refractivity contribution in [2.45, 2.75) is 69.4 Å². The number of likely N-dealkylation sites (tertiary alicyclic amines) is 2. The van der Waals surface area contributed by atoms with Crippen LogP contribution in [-0.4, -0.2) is 85.0 Å². The average molecular weight is 480 g/mol. The largest absolute Gasteiger partial charge is 0.360 e. The summed E-state index contributed by atoms with van der Waals surface area (Å²) >= 11 is 0. The Labute approximate surface area is 194 Å². The maximum absolute atomic E-state index is 13.3. The molecule has 4 fully saturated rings. The molecule has 0 saturated carbocycles. The van der Waals surface area contributed by atoms with E-state index in [9.17, 15) is 18.0 Å². The standard InChI is InChI=1S/C22H33N5O5S/c1-14-21(15(2)32-23-14)33(30,31)24-18-6-8-25(9-7-18)22(29)26-11-16-10-17(13-26)19-4-3-5-20(28)27(19)12-16/h16-19,24H,3-13H2,1-2H3/t16-,17-,19-/m1/s1. The predicted molar refractivity (Wildman–Crippen MR) is 119 cm³/mol. The SMILES string of the molecule is Cc1noc(C)c1S(=O)(=O)NC1CCN(C(=O)N2C[C@H]3C[C@H](C2)[C@H]2CCCC(=O)N2C3)CC1. The molecule has 1 aromatic rings. The van der Waals surface area contributed by atoms with Crippen molar-refractivity contribution in [2.24, 2.45) is 11.8 Å². The van der Waals surface area contributed by atoms with Crippen LogP contribution in [0.3, 0.4) is 0 Å². The lowest BCUT2D eigenvalue weighted by atomic mass is 9.76. The molecule has 1 N–H and O–H groups in total. The number of nitrogens with zero attached hydrogens (tertiary/aromatic N) is 4. The molecule has 4 aliphatic heterocycles. The van der Waals surface area contributed by atoms with Crippen LogP contribution in [-0.2, 0) is 14.8 Å². The highest BCUT2D eigenvalue weighted by molar-refractivity contribution is 7.89. The maximum Gasteiger partial charge on any atom is 0.320 e. The minimum Gasteiger partial charge on any atom is -0.360 e. The summed E-state index contributed by atoms with van der Waals surface area (Å²) in [5.74, 6) is 1.28. The second-order valence-electron chi connectivity index (χ2n) is 10.1. The Hall–Kier alpha value is -2.14. The molecule has 1 aromatic heterocycles. The van der Waals surface area contributed by atoms with Crippen molar-refractivity contribution in [1.82, 2.24) is 24.6 Å². The number of nitrogens with one attached hydrogen (secondary N) is 1. The highest BCUT2D eigenvalue weighted by Gasteiger charge is 2.45. The van der Waals surface area contributed by atoms with E-state index in [1.54, 1.807) is 13.8 Å². The molecule has 4 aliphatic rings. The summed E-state index contributed by atoms with van der Waals surface area (Å²) in [6.45, 7) is 6.43. The number of piperidine rings is 4. The lowest BCUT2D eigenvalue weighted by molar-refractivity contribution is -0.144. The number of carbonyl (C=O) groups excluding carboxylic acids is 2. The molecular weight excluding hydrogens is 446 g/mol. The molecule has 10 nitrogen and oxygen atoms in total. The number of hydrogen-bond donors (Lipinski definition) is 1. The van der Waals surface area contributed by atoms with Crippen LogP contribution in [0, 0.1) is 25.7 Å². The summed E-state index contributed by atoms with van der Waals surface area (Å²) in [4.78, 5) is 31.7. The van der Waals surface area contributed by atoms with E-state index in [-0.39, 0.29) is 34.7 Å². The number of aromatic nitrogens is 1. The van der Waals surface area contributed by atoms with Crippen LogP contribution in [0.5, 0.6) is 0 Å². The Morgan fingerprint density at radius 3 is 2.55 bits per heavy atom. The summed E-state index contributed by atoms with van der Waals surface area (Å²) < 4.78 is 33.4. The summed E-state index contributed by atoms with van der Waals surface area (Å²) in [6.07, 6.45) is 4.89. The third kappa shape index (κ3) is 4.25. The van der Waals surface area contributed by atoms with Gasteiger partial charge in [0, 0.05) is 51.2 Å². The van der Waals surface area contributed by atoms with E-state index in [2.05, 4.69) is 14.8 Å². The van der Waals surface area contributed by atoms with E-state index in [0.717, 1.165) is 25.8 Å². The van der Waals surface area contributed by atoms with Crippen molar-refractivity contribution in [3.63, 3.8) is 0 Å². The topological polar surface area (TPSA) is 116 Å². The van der Waals surface area contributed by atoms with Gasteiger partial charge in [-0.1, -0.05) is 5.16 Å². The second kappa shape index (κ2) is 8.57. The molecule has 0 aromatic carbocycles. The Morgan fingerprint density at radius 1 is 1.09 bits per heavy atom. The second-order valence-corrected chi connectivity index (χ2v) is 11.7. The van der Waals surface area contributed by atoms with Gasteiger partial charge in [0.05, 0.1) is 0 Å². The summed E-state index contributed by atoms with van der Waals surface area (Å²) in [5.41, 5.74) is 0.349. The first kappa shape index (κ1) is 22.6. The zero-order valence-corrected chi connectivity index (χ0v) is 20.1. The van der Waals surface area contributed by atoms with Gasteiger partial charge in [-0.25, -0.2) is 17.9 Å². The van der Waals surface area contributed by atoms with Gasteiger partial charge in [0.25, 0.3) is 0 Å². The molecular formula is C22H33N5O5S. The minimum absolute atomic E-state index is 0.0484. The molecule has 0 aliphatic carbocycles. The maximum atomic E-state index is 13.3. The fourth-order valence-corrected chi connectivity index (χ4v) is 7.93. The number of urea groups is 1. The van der Waals surface area contributed by atoms with Gasteiger partial charge in [0.1, 0.15) is 10.6 Å². The van der Waals surface area contributed by atoms with Crippen LogP contribution in [0.4, 0.5) is 4.79 Å². The first-order valence-corrected chi connectivity index (χ1v) is 13.5. The molecule has 4 saturated heterocycles. The molecule has 2 bridgehead atoms. The van der Waals surface area contributed by atoms with Crippen LogP contribution in [0.2, 0.25) is 0 Å². The zero-order valence-electron chi connectivity index (χ0n) is 19.3. The van der Waals surface area contributed by atoms with Crippen LogP contribution in [0.15, 0.2) is 9.42 Å². The number of aryl methyl sites for hydroxylation is 2. The van der Waals surface area contributed by atoms with Gasteiger partial charge in [0.2, 0.25) is 15.9 Å². The Balaban J connectivity index is 1.17. The average Bonchev–Trinajstić information content (AvgIpc) is 3.13. The molecule has 182 valence electrons. The third-order valence-corrected chi connectivity index (χ3v) is 9.54. The first-order chi connectivity index (χ1) is 15.7. The Morgan fingerprint density at radius 2 is 1.85 bits per heavy atom. The molecule has 33 heavy (non-hydrogen) atoms. The van der Waals surface area contributed by atoms with E-state index in [0.29, 0.717) is 63.0 Å². The van der Waals surface area contributed by atoms with E-state index < -0.39 is 10.0 Å². The normalized spacial score (nSPS) is 28.7. The zero-order chi connectivity index (χ0) is 23.3. The van der Waals surface area contributed by atoms with Crippen molar-refractivity contribution in [2.75, 3.05) is 32.7 Å². The van der Waals surface area contributed by atoms with Gasteiger partial charge < -0.3 is 19.2 Å². The monoisotopic (exact) mass is 479 g/mol. The number of carbonyl (C=O) groups is 2. The van der Waals surface area contributed by atoms with Gasteiger partial charge in [-0.05, 0) is 57.8 Å². The van der Waals surface area contributed by atoms with Crippen LogP contribution in [0.1, 0.15) is 50.0 Å². The highest BCUT2D eigenvalue weighted by atomic mass is 32.2. The first-order valence-electron chi connectivity index (χ1n) is 12.0. The minimum atomic E-state index is -3.71. The van der Waals surface area contributed by atoms with E-state index in [1.165, 1.54) is 0 Å². The molecule has 5 rings (SSSR count). The molecule has 11 heteroatoms. The molecule has 0 radical (unpaired) electrons. The fourth-order valence-electron chi connectivity index (χ4n) is 6.29. The van der Waals surface area contributed by atoms with Crippen molar-refractivity contribution in [1.29, 1.82) is 0 Å². The fraction of sp³-hybridized carbons (Fsp3) is 0.773. The lowest BCUT2D eigenvalue weighted by Crippen LogP contribution is -2.62. The van der Waals surface area contributed by atoms with E-state index in [4.69, 9.17) is 4.52 Å². The smallest absolute Gasteiger partial charge is 0.320 e. The van der Waals surface area contributed by atoms with Gasteiger partial charge >= 0.3 is 6.03 Å². The molecule has 0 unspecified atom stereocenters. The van der Waals surface area contributed by atoms with Crippen LogP contribution >= 0.6 is 0 Å². The number of amides is 3. The van der Waals surface area contributed by atoms with Gasteiger partial charge in [0.15, 0.2) is 5.76 Å². The van der Waals surface area contributed by atoms with Crippen LogP contribution in [0.25, 0.3) is 0 Å². The summed E-state index contributed by atoms with van der Waals surface area (Å²) in [6, 6.07) is 0.102. The van der Waals surface area contributed by atoms with Gasteiger partial charge in [-0.3, -0.25) is 4.79 Å². The van der Waals surface area contributed by atoms with E-state index >= 15 is 0 Å². The van der Waals surface area contributed by atoms with Gasteiger partial charge in [-0.2, -0.15) is 0 Å². The number of fused-ring (bicyclic) bond motifs is 4. The quantitative estimate of drug-likeness (QED) is 0.702. The number of rotatable bonds is 3. The molecule has 3 amide bonds. The predicted octanol–water partition coefficient (Wildman–Crippen LogP) is 1.49. The number of sulfonamides is 1. The Bertz CT molecular complexity index is 1010. The van der Waals surface area contributed by atoms with Crippen molar-refractivity contribution < 1.29 is 22.5 Å². The van der Waals surface area contributed by atoms with Crippen LogP contribution < -0.4 is 4.72 Å². The molecule has 0 spiro atoms. The summed E-state index contributed by atoms with van der Waals surface area (Å²) in [5, 5.41) is 3.74. The molecule has 3 atom stereocenters. The van der Waals surface area contributed by atoms with Crippen molar-refractivity contribution in [3.8, 4) is 0 Å². The highest BCUT2D eigenvalue weighted by Crippen LogP contribution is 2.38. The molecule has 5 heterocycles. The van der Waals surface area contributed by atoms with Crippen molar-refractivity contribution in [3.05, 3.63) is 11.5 Å². The Kier molecular flexibility index (Phi) is 5.88. The number of hydrogen-bond acceptors (Lipinski definition) is 6. The van der Waals surface area contributed by atoms with Crippen molar-refractivity contribution >= 4 is 22.0 Å². The third-order valence-electron chi connectivity index (χ3n) is 7.77. The summed E-state index contributed by atoms with van der Waals surface area (Å²) in [7, 11) is -3.71. The lowest BCUT2D eigenvalue weighted by Gasteiger charge is -2.53. The van der Waals surface area contributed by atoms with E-state index in [1.807, 2.05) is 9.80 Å².